The molecule has 0 aliphatic rings. The lowest BCUT2D eigenvalue weighted by Crippen LogP contribution is -2.34. The Morgan fingerprint density at radius 1 is 1.05 bits per heavy atom. The smallest absolute Gasteiger partial charge is 0.233 e. The predicted molar refractivity (Wildman–Crippen MR) is 87.7 cm³/mol. The number of rotatable bonds is 6. The van der Waals surface area contributed by atoms with Crippen LogP contribution >= 0.6 is 12.6 Å². The molecule has 0 saturated carbocycles. The van der Waals surface area contributed by atoms with Crippen LogP contribution in [0.5, 0.6) is 5.75 Å². The summed E-state index contributed by atoms with van der Waals surface area (Å²) in [6, 6.07) is 16.8. The van der Waals surface area contributed by atoms with Gasteiger partial charge in [-0.15, -0.1) is 0 Å². The van der Waals surface area contributed by atoms with Gasteiger partial charge in [-0.05, 0) is 36.1 Å². The van der Waals surface area contributed by atoms with Crippen LogP contribution in [0.15, 0.2) is 54.6 Å². The number of thiol groups is 1. The van der Waals surface area contributed by atoms with E-state index in [0.29, 0.717) is 13.0 Å². The van der Waals surface area contributed by atoms with Crippen LogP contribution in [0.3, 0.4) is 0 Å². The van der Waals surface area contributed by atoms with Gasteiger partial charge in [-0.25, -0.2) is 0 Å². The first-order valence-corrected chi connectivity index (χ1v) is 7.44. The molecule has 2 aromatic rings. The standard InChI is InChI=1S/C17H19NO2S/c19-15-8-6-13(7-9-15)10-11-18-17(20)16(21)12-14-4-2-1-3-5-14/h1-9,16,19,21H,10-12H2,(H,18,20). The summed E-state index contributed by atoms with van der Waals surface area (Å²) >= 11 is 4.36. The number of hydrogen-bond donors (Lipinski definition) is 3. The summed E-state index contributed by atoms with van der Waals surface area (Å²) < 4.78 is 0. The molecular weight excluding hydrogens is 282 g/mol. The maximum atomic E-state index is 12.0. The lowest BCUT2D eigenvalue weighted by molar-refractivity contribution is -0.120. The molecule has 2 aromatic carbocycles. The third-order valence-corrected chi connectivity index (χ3v) is 3.64. The highest BCUT2D eigenvalue weighted by Gasteiger charge is 2.13. The van der Waals surface area contributed by atoms with Crippen LogP contribution in [-0.4, -0.2) is 22.8 Å². The highest BCUT2D eigenvalue weighted by Crippen LogP contribution is 2.10. The number of phenols is 1. The summed E-state index contributed by atoms with van der Waals surface area (Å²) in [4.78, 5) is 12.0. The quantitative estimate of drug-likeness (QED) is 0.718. The Labute approximate surface area is 130 Å². The molecule has 21 heavy (non-hydrogen) atoms. The van der Waals surface area contributed by atoms with Gasteiger partial charge in [-0.2, -0.15) is 12.6 Å². The van der Waals surface area contributed by atoms with Crippen LogP contribution < -0.4 is 5.32 Å². The van der Waals surface area contributed by atoms with Gasteiger partial charge in [0, 0.05) is 6.54 Å². The number of phenolic OH excluding ortho intramolecular Hbond substituents is 1. The van der Waals surface area contributed by atoms with Crippen molar-refractivity contribution < 1.29 is 9.90 Å². The van der Waals surface area contributed by atoms with Gasteiger partial charge in [-0.3, -0.25) is 4.79 Å². The van der Waals surface area contributed by atoms with E-state index in [1.165, 1.54) is 0 Å². The molecule has 0 fully saturated rings. The number of nitrogens with one attached hydrogen (secondary N) is 1. The fourth-order valence-corrected chi connectivity index (χ4v) is 2.34. The molecule has 110 valence electrons. The van der Waals surface area contributed by atoms with Crippen LogP contribution in [0.4, 0.5) is 0 Å². The van der Waals surface area contributed by atoms with Gasteiger partial charge in [0.15, 0.2) is 0 Å². The largest absolute Gasteiger partial charge is 0.508 e. The molecule has 0 aliphatic carbocycles. The van der Waals surface area contributed by atoms with Gasteiger partial charge in [0.05, 0.1) is 5.25 Å². The van der Waals surface area contributed by atoms with Crippen molar-refractivity contribution in [2.75, 3.05) is 6.54 Å². The van der Waals surface area contributed by atoms with Gasteiger partial charge in [0.2, 0.25) is 5.91 Å². The Kier molecular flexibility index (Phi) is 5.69. The number of carbonyl (C=O) groups is 1. The van der Waals surface area contributed by atoms with Crippen LogP contribution in [0.1, 0.15) is 11.1 Å². The maximum absolute atomic E-state index is 12.0. The molecular formula is C17H19NO2S. The van der Waals surface area contributed by atoms with E-state index in [-0.39, 0.29) is 16.9 Å². The molecule has 1 unspecified atom stereocenters. The molecule has 0 aliphatic heterocycles. The second-order valence-electron chi connectivity index (χ2n) is 4.91. The zero-order chi connectivity index (χ0) is 15.1. The van der Waals surface area contributed by atoms with E-state index in [9.17, 15) is 9.90 Å². The normalized spacial score (nSPS) is 11.9. The molecule has 0 bridgehead atoms. The number of hydrogen-bond acceptors (Lipinski definition) is 3. The first-order chi connectivity index (χ1) is 10.1. The lowest BCUT2D eigenvalue weighted by atomic mass is 10.1. The second-order valence-corrected chi connectivity index (χ2v) is 5.54. The lowest BCUT2D eigenvalue weighted by Gasteiger charge is -2.11. The Morgan fingerprint density at radius 3 is 2.38 bits per heavy atom. The molecule has 0 spiro atoms. The van der Waals surface area contributed by atoms with Crippen LogP contribution in [0.25, 0.3) is 0 Å². The van der Waals surface area contributed by atoms with Crippen molar-refractivity contribution in [1.82, 2.24) is 5.32 Å². The zero-order valence-corrected chi connectivity index (χ0v) is 12.6. The molecule has 1 atom stereocenters. The van der Waals surface area contributed by atoms with Crippen molar-refractivity contribution in [3.05, 3.63) is 65.7 Å². The summed E-state index contributed by atoms with van der Waals surface area (Å²) in [6.45, 7) is 0.565. The Bertz CT molecular complexity index is 569. The predicted octanol–water partition coefficient (Wildman–Crippen LogP) is 2.59. The van der Waals surface area contributed by atoms with Crippen molar-refractivity contribution in [3.8, 4) is 5.75 Å². The SMILES string of the molecule is O=C(NCCc1ccc(O)cc1)C(S)Cc1ccccc1. The Hall–Kier alpha value is -1.94. The van der Waals surface area contributed by atoms with Crippen molar-refractivity contribution in [1.29, 1.82) is 0 Å². The van der Waals surface area contributed by atoms with Gasteiger partial charge in [0.25, 0.3) is 0 Å². The molecule has 0 aromatic heterocycles. The fraction of sp³-hybridized carbons (Fsp3) is 0.235. The van der Waals surface area contributed by atoms with Crippen LogP contribution in [-0.2, 0) is 17.6 Å². The number of amides is 1. The van der Waals surface area contributed by atoms with Crippen LogP contribution in [0, 0.1) is 0 Å². The van der Waals surface area contributed by atoms with E-state index in [0.717, 1.165) is 17.5 Å². The Morgan fingerprint density at radius 2 is 1.71 bits per heavy atom. The third-order valence-electron chi connectivity index (χ3n) is 3.22. The highest BCUT2D eigenvalue weighted by molar-refractivity contribution is 7.81. The molecule has 2 rings (SSSR count). The first kappa shape index (κ1) is 15.4. The number of benzene rings is 2. The van der Waals surface area contributed by atoms with E-state index in [2.05, 4.69) is 17.9 Å². The molecule has 1 amide bonds. The van der Waals surface area contributed by atoms with Gasteiger partial charge in [0.1, 0.15) is 5.75 Å². The first-order valence-electron chi connectivity index (χ1n) is 6.93. The summed E-state index contributed by atoms with van der Waals surface area (Å²) in [6.07, 6.45) is 1.35. The minimum atomic E-state index is -0.341. The number of carbonyl (C=O) groups excluding carboxylic acids is 1. The summed E-state index contributed by atoms with van der Waals surface area (Å²) in [5.41, 5.74) is 2.18. The highest BCUT2D eigenvalue weighted by atomic mass is 32.1. The van der Waals surface area contributed by atoms with E-state index in [1.54, 1.807) is 12.1 Å². The van der Waals surface area contributed by atoms with E-state index in [1.807, 2.05) is 42.5 Å². The van der Waals surface area contributed by atoms with Crippen molar-refractivity contribution in [2.24, 2.45) is 0 Å². The van der Waals surface area contributed by atoms with Crippen molar-refractivity contribution >= 4 is 18.5 Å². The fourth-order valence-electron chi connectivity index (χ4n) is 2.04. The zero-order valence-electron chi connectivity index (χ0n) is 11.7. The second kappa shape index (κ2) is 7.74. The molecule has 0 heterocycles. The maximum Gasteiger partial charge on any atom is 0.233 e. The van der Waals surface area contributed by atoms with Gasteiger partial charge in [-0.1, -0.05) is 42.5 Å². The van der Waals surface area contributed by atoms with E-state index in [4.69, 9.17) is 0 Å². The van der Waals surface area contributed by atoms with Crippen molar-refractivity contribution in [2.45, 2.75) is 18.1 Å². The minimum Gasteiger partial charge on any atom is -0.508 e. The molecule has 0 saturated heterocycles. The van der Waals surface area contributed by atoms with E-state index >= 15 is 0 Å². The topological polar surface area (TPSA) is 49.3 Å². The monoisotopic (exact) mass is 301 g/mol. The molecule has 4 heteroatoms. The minimum absolute atomic E-state index is 0.0547. The average Bonchev–Trinajstić information content (AvgIpc) is 2.50. The van der Waals surface area contributed by atoms with Crippen molar-refractivity contribution in [3.63, 3.8) is 0 Å². The molecule has 2 N–H and O–H groups in total. The van der Waals surface area contributed by atoms with E-state index < -0.39 is 0 Å². The summed E-state index contributed by atoms with van der Waals surface area (Å²) in [7, 11) is 0. The van der Waals surface area contributed by atoms with Gasteiger partial charge >= 0.3 is 0 Å². The summed E-state index contributed by atoms with van der Waals surface area (Å²) in [5.74, 6) is 0.196. The van der Waals surface area contributed by atoms with Gasteiger partial charge < -0.3 is 10.4 Å². The molecule has 0 radical (unpaired) electrons. The average molecular weight is 301 g/mol. The van der Waals surface area contributed by atoms with Crippen LogP contribution in [0.2, 0.25) is 0 Å². The Balaban J connectivity index is 1.75. The third kappa shape index (κ3) is 5.16. The molecule has 3 nitrogen and oxygen atoms in total. The number of aromatic hydroxyl groups is 1. The summed E-state index contributed by atoms with van der Waals surface area (Å²) in [5, 5.41) is 11.8.